The number of benzene rings is 11. The van der Waals surface area contributed by atoms with Crippen molar-refractivity contribution >= 4 is 76.5 Å². The number of nitrogens with one attached hydrogen (secondary N) is 3. The van der Waals surface area contributed by atoms with Gasteiger partial charge in [0.25, 0.3) is 5.56 Å². The van der Waals surface area contributed by atoms with Gasteiger partial charge in [0.15, 0.2) is 5.43 Å². The minimum absolute atomic E-state index is 0.0322. The van der Waals surface area contributed by atoms with Crippen LogP contribution in [0.15, 0.2) is 198 Å². The first-order chi connectivity index (χ1) is 56.4. The van der Waals surface area contributed by atoms with Gasteiger partial charge in [-0.05, 0) is 243 Å². The summed E-state index contributed by atoms with van der Waals surface area (Å²) in [6.07, 6.45) is 1.14. The minimum atomic E-state index is -0.701. The molecular formula is C109H139N3O8. The van der Waals surface area contributed by atoms with Crippen molar-refractivity contribution in [3.05, 3.63) is 287 Å². The largest absolute Gasteiger partial charge is 0.508 e. The summed E-state index contributed by atoms with van der Waals surface area (Å²) in [5.41, 5.74) is 18.4. The number of aromatic amines is 2. The number of anilines is 1. The van der Waals surface area contributed by atoms with Crippen LogP contribution >= 0.6 is 0 Å². The molecule has 8 N–H and O–H groups in total. The zero-order valence-electron chi connectivity index (χ0n) is 77.1. The number of aromatic hydroxyl groups is 4. The number of pyridine rings is 2. The highest BCUT2D eigenvalue weighted by Crippen LogP contribution is 2.43. The van der Waals surface area contributed by atoms with Crippen LogP contribution in [0.3, 0.4) is 0 Å². The standard InChI is InChI=1S/C16H20O2.2C16H20O.C16H20.C15H21NO2.2C15H19NO/c1-9(2)11-5-6-12-8-14(17)15(10(3)4)16(18)13(12)7-11;1-10(2)12-5-6-13-9-16(17)15(11(3)4)8-14(13)7-12;1-10(2)13-6-5-12-7-8-14(11(3)4)16(17)15(12)9-13;1-11(2)14-7-5-13-6-8-15(12(3)4)10-16(13)9-14;1-8(2)10-5-6-12-11(7-10)14(17)13(9(3)4)15(18)16-12;1-9(2)11-5-6-14-12(7-11)15(17)13(8-16-14)10(3)4;1-9(2)11-5-6-14-12(7-11)8-13(10(3)4)15(17)16-14/h5-10,17-18H,1-4H3;2*5-11,17H,1-4H3;5-12H,1-4H3;5-9,13-14,17H,1-4H3,(H,16,18);2*5-10H,1-4H3,(H,16,17). The van der Waals surface area contributed by atoms with Gasteiger partial charge in [-0.25, -0.2) is 0 Å². The van der Waals surface area contributed by atoms with Gasteiger partial charge < -0.3 is 40.8 Å². The summed E-state index contributed by atoms with van der Waals surface area (Å²) in [6, 6.07) is 62.5. The number of phenolic OH excluding ortho intramolecular Hbond substituents is 4. The lowest BCUT2D eigenvalue weighted by Crippen LogP contribution is -2.36. The number of hydrogen-bond donors (Lipinski definition) is 8. The molecule has 0 spiro atoms. The number of phenols is 4. The highest BCUT2D eigenvalue weighted by atomic mass is 16.3. The second-order valence-corrected chi connectivity index (χ2v) is 37.3. The predicted octanol–water partition coefficient (Wildman–Crippen LogP) is 29.8. The fraction of sp³-hybridized carbons (Fsp3) is 0.404. The Morgan fingerprint density at radius 3 is 1.13 bits per heavy atom. The maximum absolute atomic E-state index is 12.3. The molecule has 0 saturated carbocycles. The molecule has 0 radical (unpaired) electrons. The monoisotopic (exact) mass is 1620 g/mol. The predicted molar refractivity (Wildman–Crippen MR) is 513 cm³/mol. The van der Waals surface area contributed by atoms with E-state index in [1.165, 1.54) is 60.7 Å². The van der Waals surface area contributed by atoms with Crippen LogP contribution in [-0.2, 0) is 4.79 Å². The molecule has 0 fully saturated rings. The van der Waals surface area contributed by atoms with Crippen LogP contribution in [0.25, 0.3) is 64.9 Å². The topological polar surface area (TPSA) is 196 Å². The number of aromatic nitrogens is 2. The van der Waals surface area contributed by atoms with E-state index in [9.17, 15) is 39.9 Å². The van der Waals surface area contributed by atoms with Crippen LogP contribution < -0.4 is 16.3 Å². The lowest BCUT2D eigenvalue weighted by Gasteiger charge is -2.32. The number of H-pyrrole nitrogens is 2. The highest BCUT2D eigenvalue weighted by molar-refractivity contribution is 5.97. The van der Waals surface area contributed by atoms with Gasteiger partial charge >= 0.3 is 0 Å². The van der Waals surface area contributed by atoms with Gasteiger partial charge in [-0.1, -0.05) is 309 Å². The van der Waals surface area contributed by atoms with Crippen LogP contribution in [0, 0.1) is 11.8 Å². The molecular weight excluding hydrogens is 1480 g/mol. The van der Waals surface area contributed by atoms with Crippen LogP contribution in [0.2, 0.25) is 0 Å². The van der Waals surface area contributed by atoms with Crippen molar-refractivity contribution in [2.75, 3.05) is 5.32 Å². The second kappa shape index (κ2) is 41.7. The van der Waals surface area contributed by atoms with Crippen LogP contribution in [0.1, 0.15) is 355 Å². The Kier molecular flexibility index (Phi) is 33.0. The third-order valence-corrected chi connectivity index (χ3v) is 23.3. The average molecular weight is 1620 g/mol. The molecule has 1 amide bonds. The Morgan fingerprint density at radius 2 is 0.667 bits per heavy atom. The Balaban J connectivity index is 0.000000174. The Labute approximate surface area is 716 Å². The van der Waals surface area contributed by atoms with E-state index in [1.54, 1.807) is 6.07 Å². The summed E-state index contributed by atoms with van der Waals surface area (Å²) in [5, 5.41) is 64.7. The molecule has 14 rings (SSSR count). The molecule has 13 aromatic rings. The lowest BCUT2D eigenvalue weighted by atomic mass is 9.81. The fourth-order valence-corrected chi connectivity index (χ4v) is 15.2. The van der Waals surface area contributed by atoms with E-state index < -0.39 is 6.10 Å². The molecule has 11 nitrogen and oxygen atoms in total. The maximum atomic E-state index is 12.3. The first-order valence-corrected chi connectivity index (χ1v) is 43.9. The summed E-state index contributed by atoms with van der Waals surface area (Å²) in [4.78, 5) is 42.3. The van der Waals surface area contributed by atoms with Crippen molar-refractivity contribution in [1.29, 1.82) is 0 Å². The average Bonchev–Trinajstić information content (AvgIpc) is 0.897. The number of fused-ring (bicyclic) bond motifs is 7. The maximum Gasteiger partial charge on any atom is 0.251 e. The van der Waals surface area contributed by atoms with Crippen LogP contribution in [-0.4, -0.2) is 41.4 Å². The van der Waals surface area contributed by atoms with Gasteiger partial charge in [-0.2, -0.15) is 0 Å². The summed E-state index contributed by atoms with van der Waals surface area (Å²) >= 11 is 0. The van der Waals surface area contributed by atoms with Crippen LogP contribution in [0.5, 0.6) is 23.0 Å². The van der Waals surface area contributed by atoms with E-state index >= 15 is 0 Å². The molecule has 11 heteroatoms. The molecule has 0 saturated heterocycles. The lowest BCUT2D eigenvalue weighted by molar-refractivity contribution is -0.126. The van der Waals surface area contributed by atoms with E-state index in [-0.39, 0.29) is 58.0 Å². The third kappa shape index (κ3) is 23.6. The Hall–Kier alpha value is -10.5. The zero-order chi connectivity index (χ0) is 88.9. The summed E-state index contributed by atoms with van der Waals surface area (Å²) in [7, 11) is 0. The summed E-state index contributed by atoms with van der Waals surface area (Å²) in [5.74, 6) is 6.24. The van der Waals surface area contributed by atoms with E-state index in [2.05, 4.69) is 257 Å². The smallest absolute Gasteiger partial charge is 0.251 e. The van der Waals surface area contributed by atoms with Gasteiger partial charge in [0, 0.05) is 61.3 Å². The van der Waals surface area contributed by atoms with Crippen molar-refractivity contribution in [2.45, 2.75) is 277 Å². The van der Waals surface area contributed by atoms with E-state index in [0.29, 0.717) is 76.2 Å². The molecule has 11 aromatic carbocycles. The number of carbonyl (C=O) groups is 1. The van der Waals surface area contributed by atoms with E-state index in [0.717, 1.165) is 82.2 Å². The molecule has 1 aliphatic rings. The van der Waals surface area contributed by atoms with Crippen molar-refractivity contribution in [1.82, 2.24) is 9.97 Å². The molecule has 0 aliphatic carbocycles. The van der Waals surface area contributed by atoms with Gasteiger partial charge in [-0.3, -0.25) is 14.4 Å². The molecule has 120 heavy (non-hydrogen) atoms. The Bertz CT molecular complexity index is 5730. The fourth-order valence-electron chi connectivity index (χ4n) is 15.2. The minimum Gasteiger partial charge on any atom is -0.508 e. The Morgan fingerprint density at radius 1 is 0.292 bits per heavy atom. The summed E-state index contributed by atoms with van der Waals surface area (Å²) < 4.78 is 0. The van der Waals surface area contributed by atoms with Crippen molar-refractivity contribution in [3.63, 3.8) is 0 Å². The van der Waals surface area contributed by atoms with Crippen molar-refractivity contribution in [2.24, 2.45) is 11.8 Å². The third-order valence-electron chi connectivity index (χ3n) is 23.3. The highest BCUT2D eigenvalue weighted by Gasteiger charge is 2.37. The van der Waals surface area contributed by atoms with Crippen molar-refractivity contribution < 1.29 is 30.3 Å². The molecule has 3 heterocycles. The molecule has 1 aliphatic heterocycles. The molecule has 2 aromatic heterocycles. The SMILES string of the molecule is CC(C)c1ccc2[nH]c(=O)c(C(C)C)cc2c1.CC(C)c1ccc2[nH]cc(C(C)C)c(=O)c2c1.CC(C)c1ccc2c(c1)C(O)C(C(C)C)C(=O)N2.CC(C)c1ccc2cc(O)c(C(C)C)c(O)c2c1.CC(C)c1ccc2cc(O)c(C(C)C)cc2c1.CC(C)c1ccc2ccc(C(C)C)c(O)c2c1.CC(C)c1ccc2ccc(C(C)C)cc2c1. The van der Waals surface area contributed by atoms with Gasteiger partial charge in [0.05, 0.1) is 12.0 Å². The second-order valence-electron chi connectivity index (χ2n) is 37.3. The number of aliphatic hydroxyl groups is 1. The molecule has 2 unspecified atom stereocenters. The molecule has 0 bridgehead atoms. The van der Waals surface area contributed by atoms with Crippen molar-refractivity contribution in [3.8, 4) is 23.0 Å². The quantitative estimate of drug-likeness (QED) is 0.0526. The first-order valence-electron chi connectivity index (χ1n) is 43.9. The number of amides is 1. The first kappa shape index (κ1) is 95.0. The number of hydrogen-bond acceptors (Lipinski definition) is 8. The van der Waals surface area contributed by atoms with E-state index in [1.807, 2.05) is 134 Å². The van der Waals surface area contributed by atoms with Gasteiger partial charge in [0.2, 0.25) is 5.91 Å². The van der Waals surface area contributed by atoms with Gasteiger partial charge in [0.1, 0.15) is 23.0 Å². The molecule has 638 valence electrons. The molecule has 2 atom stereocenters. The summed E-state index contributed by atoms with van der Waals surface area (Å²) in [6.45, 7) is 59.3. The number of carbonyl (C=O) groups excluding carboxylic acids is 1. The van der Waals surface area contributed by atoms with E-state index in [4.69, 9.17) is 0 Å². The zero-order valence-corrected chi connectivity index (χ0v) is 77.1. The van der Waals surface area contributed by atoms with Gasteiger partial charge in [-0.15, -0.1) is 0 Å². The number of aliphatic hydroxyl groups excluding tert-OH is 1. The number of rotatable bonds is 14. The normalized spacial score (nSPS) is 13.4. The van der Waals surface area contributed by atoms with Crippen LogP contribution in [0.4, 0.5) is 5.69 Å².